The van der Waals surface area contributed by atoms with E-state index >= 15 is 0 Å². The second-order valence-corrected chi connectivity index (χ2v) is 8.04. The van der Waals surface area contributed by atoms with E-state index in [0.717, 1.165) is 16.2 Å². The fourth-order valence-electron chi connectivity index (χ4n) is 3.07. The number of carbonyl (C=O) groups excluding carboxylic acids is 2. The molecule has 0 N–H and O–H groups in total. The van der Waals surface area contributed by atoms with Crippen LogP contribution in [-0.2, 0) is 10.2 Å². The standard InChI is InChI=1S/C17H14ClN3O2S/c1-8(22)21-7-10-13(20-21)15-14(16(23)17(10,2)3)19-11-6-9(18)4-5-12(11)24-15/h4-7,15H,1-3H3. The van der Waals surface area contributed by atoms with Crippen molar-refractivity contribution in [1.82, 2.24) is 9.78 Å². The largest absolute Gasteiger partial charge is 0.292 e. The summed E-state index contributed by atoms with van der Waals surface area (Å²) in [6.45, 7) is 5.14. The molecule has 0 spiro atoms. The molecular formula is C17H14ClN3O2S. The third kappa shape index (κ3) is 2.09. The summed E-state index contributed by atoms with van der Waals surface area (Å²) in [4.78, 5) is 30.3. The molecule has 0 saturated carbocycles. The van der Waals surface area contributed by atoms with Crippen LogP contribution in [0.2, 0.25) is 5.02 Å². The van der Waals surface area contributed by atoms with Gasteiger partial charge in [0.15, 0.2) is 5.78 Å². The third-order valence-electron chi connectivity index (χ3n) is 4.44. The summed E-state index contributed by atoms with van der Waals surface area (Å²) in [5, 5.41) is 4.73. The molecule has 1 aliphatic heterocycles. The Morgan fingerprint density at radius 1 is 1.38 bits per heavy atom. The first kappa shape index (κ1) is 15.6. The van der Waals surface area contributed by atoms with Crippen molar-refractivity contribution in [1.29, 1.82) is 0 Å². The van der Waals surface area contributed by atoms with Crippen LogP contribution in [0.25, 0.3) is 0 Å². The molecule has 0 saturated heterocycles. The van der Waals surface area contributed by atoms with Crippen LogP contribution >= 0.6 is 23.4 Å². The van der Waals surface area contributed by atoms with Crippen LogP contribution in [0, 0.1) is 0 Å². The fourth-order valence-corrected chi connectivity index (χ4v) is 4.42. The third-order valence-corrected chi connectivity index (χ3v) is 5.96. The van der Waals surface area contributed by atoms with Crippen molar-refractivity contribution in [2.45, 2.75) is 36.3 Å². The smallest absolute Gasteiger partial charge is 0.243 e. The minimum Gasteiger partial charge on any atom is -0.292 e. The van der Waals surface area contributed by atoms with Crippen LogP contribution < -0.4 is 0 Å². The number of halogens is 1. The van der Waals surface area contributed by atoms with Gasteiger partial charge in [0.05, 0.1) is 22.0 Å². The minimum absolute atomic E-state index is 0.0405. The Morgan fingerprint density at radius 2 is 2.12 bits per heavy atom. The highest BCUT2D eigenvalue weighted by Crippen LogP contribution is 2.51. The molecule has 1 aliphatic carbocycles. The van der Waals surface area contributed by atoms with E-state index in [2.05, 4.69) is 10.1 Å². The van der Waals surface area contributed by atoms with E-state index in [1.54, 1.807) is 18.3 Å². The van der Waals surface area contributed by atoms with E-state index in [0.29, 0.717) is 16.4 Å². The normalized spacial score (nSPS) is 20.8. The molecular weight excluding hydrogens is 346 g/mol. The lowest BCUT2D eigenvalue weighted by Gasteiger charge is -2.34. The van der Waals surface area contributed by atoms with Gasteiger partial charge in [-0.25, -0.2) is 9.67 Å². The van der Waals surface area contributed by atoms with Crippen molar-refractivity contribution >= 4 is 46.5 Å². The fraction of sp³-hybridized carbons (Fsp3) is 0.294. The van der Waals surface area contributed by atoms with Gasteiger partial charge in [0.2, 0.25) is 5.91 Å². The first-order chi connectivity index (χ1) is 11.3. The first-order valence-corrected chi connectivity index (χ1v) is 8.75. The van der Waals surface area contributed by atoms with Gasteiger partial charge in [-0.3, -0.25) is 9.59 Å². The number of aromatic nitrogens is 2. The highest BCUT2D eigenvalue weighted by molar-refractivity contribution is 8.00. The zero-order valence-electron chi connectivity index (χ0n) is 13.3. The molecule has 7 heteroatoms. The molecule has 1 aromatic heterocycles. The molecule has 1 atom stereocenters. The number of benzene rings is 1. The van der Waals surface area contributed by atoms with E-state index in [9.17, 15) is 9.59 Å². The second kappa shape index (κ2) is 5.04. The van der Waals surface area contributed by atoms with Crippen molar-refractivity contribution < 1.29 is 9.59 Å². The Morgan fingerprint density at radius 3 is 2.83 bits per heavy atom. The summed E-state index contributed by atoms with van der Waals surface area (Å²) in [6, 6.07) is 5.46. The van der Waals surface area contributed by atoms with Gasteiger partial charge in [-0.2, -0.15) is 5.10 Å². The Kier molecular flexibility index (Phi) is 3.27. The molecule has 2 aliphatic rings. The van der Waals surface area contributed by atoms with E-state index in [4.69, 9.17) is 11.6 Å². The second-order valence-electron chi connectivity index (χ2n) is 6.45. The lowest BCUT2D eigenvalue weighted by atomic mass is 9.73. The summed E-state index contributed by atoms with van der Waals surface area (Å²) >= 11 is 7.57. The number of hydrogen-bond donors (Lipinski definition) is 0. The predicted molar refractivity (Wildman–Crippen MR) is 93.7 cm³/mol. The van der Waals surface area contributed by atoms with Crippen molar-refractivity contribution in [3.05, 3.63) is 40.7 Å². The molecule has 4 rings (SSSR count). The lowest BCUT2D eigenvalue weighted by molar-refractivity contribution is -0.117. The number of thioether (sulfide) groups is 1. The molecule has 1 unspecified atom stereocenters. The lowest BCUT2D eigenvalue weighted by Crippen LogP contribution is -2.43. The van der Waals surface area contributed by atoms with Crippen molar-refractivity contribution in [2.75, 3.05) is 0 Å². The van der Waals surface area contributed by atoms with E-state index in [1.807, 2.05) is 19.9 Å². The Labute approximate surface area is 148 Å². The number of Topliss-reactive ketones (excluding diaryl/α,β-unsaturated/α-hetero) is 1. The monoisotopic (exact) mass is 359 g/mol. The predicted octanol–water partition coefficient (Wildman–Crippen LogP) is 3.98. The van der Waals surface area contributed by atoms with Crippen molar-refractivity contribution in [2.24, 2.45) is 4.99 Å². The number of rotatable bonds is 0. The molecule has 0 radical (unpaired) electrons. The number of carbonyl (C=O) groups is 2. The summed E-state index contributed by atoms with van der Waals surface area (Å²) in [5.74, 6) is -0.222. The van der Waals surface area contributed by atoms with E-state index in [-0.39, 0.29) is 16.9 Å². The van der Waals surface area contributed by atoms with Gasteiger partial charge in [0, 0.05) is 28.6 Å². The van der Waals surface area contributed by atoms with Gasteiger partial charge in [0.25, 0.3) is 0 Å². The maximum absolute atomic E-state index is 13.0. The number of fused-ring (bicyclic) bond motifs is 4. The zero-order chi connectivity index (χ0) is 17.2. The zero-order valence-corrected chi connectivity index (χ0v) is 14.9. The van der Waals surface area contributed by atoms with Crippen molar-refractivity contribution in [3.8, 4) is 0 Å². The maximum atomic E-state index is 13.0. The van der Waals surface area contributed by atoms with Gasteiger partial charge >= 0.3 is 0 Å². The highest BCUT2D eigenvalue weighted by Gasteiger charge is 2.48. The molecule has 0 amide bonds. The molecule has 1 aromatic carbocycles. The summed E-state index contributed by atoms with van der Waals surface area (Å²) < 4.78 is 1.31. The van der Waals surface area contributed by atoms with Crippen LogP contribution in [0.15, 0.2) is 34.3 Å². The first-order valence-electron chi connectivity index (χ1n) is 7.49. The number of aliphatic imine (C=N–C) groups is 1. The number of hydrogen-bond acceptors (Lipinski definition) is 5. The Bertz CT molecular complexity index is 945. The van der Waals surface area contributed by atoms with Gasteiger partial charge in [-0.05, 0) is 32.0 Å². The SMILES string of the molecule is CC(=O)n1cc2c(n1)C1Sc3ccc(Cl)cc3N=C1C(=O)C2(C)C. The number of ketones is 1. The minimum atomic E-state index is -0.769. The van der Waals surface area contributed by atoms with Crippen LogP contribution in [0.1, 0.15) is 42.1 Å². The highest BCUT2D eigenvalue weighted by atomic mass is 35.5. The Hall–Kier alpha value is -1.92. The van der Waals surface area contributed by atoms with Crippen LogP contribution in [-0.4, -0.2) is 27.2 Å². The van der Waals surface area contributed by atoms with Crippen molar-refractivity contribution in [3.63, 3.8) is 0 Å². The maximum Gasteiger partial charge on any atom is 0.243 e. The molecule has 0 bridgehead atoms. The molecule has 122 valence electrons. The summed E-state index contributed by atoms with van der Waals surface area (Å²) in [6.07, 6.45) is 1.67. The topological polar surface area (TPSA) is 64.3 Å². The molecule has 2 aromatic rings. The van der Waals surface area contributed by atoms with Gasteiger partial charge in [-0.15, -0.1) is 11.8 Å². The molecule has 24 heavy (non-hydrogen) atoms. The quantitative estimate of drug-likeness (QED) is 0.713. The van der Waals surface area contributed by atoms with E-state index in [1.165, 1.54) is 23.4 Å². The summed E-state index contributed by atoms with van der Waals surface area (Å²) in [7, 11) is 0. The van der Waals surface area contributed by atoms with Gasteiger partial charge in [-0.1, -0.05) is 11.6 Å². The van der Waals surface area contributed by atoms with Gasteiger partial charge < -0.3 is 0 Å². The van der Waals surface area contributed by atoms with Crippen LogP contribution in [0.3, 0.4) is 0 Å². The summed E-state index contributed by atoms with van der Waals surface area (Å²) in [5.41, 5.74) is 1.93. The Balaban J connectivity index is 1.95. The molecule has 0 fully saturated rings. The van der Waals surface area contributed by atoms with Crippen LogP contribution in [0.4, 0.5) is 5.69 Å². The average Bonchev–Trinajstić information content (AvgIpc) is 2.98. The molecule has 5 nitrogen and oxygen atoms in total. The van der Waals surface area contributed by atoms with Gasteiger partial charge in [0.1, 0.15) is 5.71 Å². The molecule has 2 heterocycles. The number of nitrogens with zero attached hydrogens (tertiary/aromatic N) is 3. The van der Waals surface area contributed by atoms with Crippen LogP contribution in [0.5, 0.6) is 0 Å². The van der Waals surface area contributed by atoms with E-state index < -0.39 is 5.41 Å². The average molecular weight is 360 g/mol.